The molecule has 0 radical (unpaired) electrons. The Balaban J connectivity index is 2.29. The van der Waals surface area contributed by atoms with E-state index in [2.05, 4.69) is 32.3 Å². The van der Waals surface area contributed by atoms with E-state index in [1.54, 1.807) is 31.5 Å². The van der Waals surface area contributed by atoms with E-state index < -0.39 is 0 Å². The molecule has 0 unspecified atom stereocenters. The lowest BCUT2D eigenvalue weighted by Gasteiger charge is -2.10. The number of ether oxygens (including phenoxy) is 1. The zero-order valence-electron chi connectivity index (χ0n) is 9.64. The summed E-state index contributed by atoms with van der Waals surface area (Å²) in [4.78, 5) is 4.21. The lowest BCUT2D eigenvalue weighted by molar-refractivity contribution is 0.416. The molecule has 1 aromatic carbocycles. The van der Waals surface area contributed by atoms with Crippen LogP contribution >= 0.6 is 15.9 Å². The summed E-state index contributed by atoms with van der Waals surface area (Å²) in [6.45, 7) is 0. The number of halogens is 1. The Morgan fingerprint density at radius 1 is 1.33 bits per heavy atom. The zero-order chi connectivity index (χ0) is 13.0. The second-order valence-electron chi connectivity index (χ2n) is 3.51. The van der Waals surface area contributed by atoms with E-state index in [0.29, 0.717) is 17.1 Å². The monoisotopic (exact) mass is 303 g/mol. The van der Waals surface area contributed by atoms with Gasteiger partial charge in [-0.3, -0.25) is 0 Å². The third kappa shape index (κ3) is 2.79. The Hall–Kier alpha value is -2.06. The van der Waals surface area contributed by atoms with E-state index >= 15 is 0 Å². The maximum Gasteiger partial charge on any atom is 0.143 e. The van der Waals surface area contributed by atoms with E-state index in [0.717, 1.165) is 10.2 Å². The van der Waals surface area contributed by atoms with Crippen LogP contribution in [0.4, 0.5) is 11.5 Å². The molecule has 4 nitrogen and oxygen atoms in total. The number of pyridine rings is 1. The van der Waals surface area contributed by atoms with Gasteiger partial charge in [0.15, 0.2) is 0 Å². The van der Waals surface area contributed by atoms with E-state index in [4.69, 9.17) is 10.00 Å². The van der Waals surface area contributed by atoms with Gasteiger partial charge in [0.05, 0.1) is 24.4 Å². The van der Waals surface area contributed by atoms with E-state index in [9.17, 15) is 0 Å². The van der Waals surface area contributed by atoms with E-state index in [1.165, 1.54) is 0 Å². The molecule has 0 saturated carbocycles. The molecule has 1 aromatic heterocycles. The standard InChI is InChI=1S/C13H10BrN3O/c1-18-12-6-9(7-15)2-4-11(12)17-13-5-3-10(14)8-16-13/h2-6,8H,1H3,(H,16,17). The summed E-state index contributed by atoms with van der Waals surface area (Å²) in [5.74, 6) is 1.32. The van der Waals surface area contributed by atoms with Crippen molar-refractivity contribution in [1.29, 1.82) is 5.26 Å². The fourth-order valence-electron chi connectivity index (χ4n) is 1.45. The van der Waals surface area contributed by atoms with E-state index in [1.807, 2.05) is 12.1 Å². The smallest absolute Gasteiger partial charge is 0.143 e. The third-order valence-electron chi connectivity index (χ3n) is 2.32. The molecule has 0 aliphatic carbocycles. The largest absolute Gasteiger partial charge is 0.495 e. The van der Waals surface area contributed by atoms with Gasteiger partial charge in [-0.25, -0.2) is 4.98 Å². The van der Waals surface area contributed by atoms with Crippen molar-refractivity contribution in [1.82, 2.24) is 4.98 Å². The molecule has 0 spiro atoms. The average Bonchev–Trinajstić information content (AvgIpc) is 2.41. The van der Waals surface area contributed by atoms with Gasteiger partial charge in [0, 0.05) is 16.7 Å². The van der Waals surface area contributed by atoms with Crippen LogP contribution in [0.5, 0.6) is 5.75 Å². The third-order valence-corrected chi connectivity index (χ3v) is 2.79. The summed E-state index contributed by atoms with van der Waals surface area (Å²) in [5.41, 5.74) is 1.33. The first-order valence-corrected chi connectivity index (χ1v) is 5.99. The van der Waals surface area contributed by atoms with Crippen LogP contribution in [0.3, 0.4) is 0 Å². The summed E-state index contributed by atoms with van der Waals surface area (Å²) >= 11 is 3.33. The average molecular weight is 304 g/mol. The topological polar surface area (TPSA) is 57.9 Å². The molecule has 0 fully saturated rings. The van der Waals surface area contributed by atoms with Crippen LogP contribution in [-0.4, -0.2) is 12.1 Å². The molecule has 0 amide bonds. The van der Waals surface area contributed by atoms with Gasteiger partial charge >= 0.3 is 0 Å². The SMILES string of the molecule is COc1cc(C#N)ccc1Nc1ccc(Br)cn1. The number of nitriles is 1. The number of hydrogen-bond acceptors (Lipinski definition) is 4. The molecule has 0 saturated heterocycles. The lowest BCUT2D eigenvalue weighted by atomic mass is 10.2. The van der Waals surface area contributed by atoms with Crippen molar-refractivity contribution in [2.24, 2.45) is 0 Å². The first-order valence-electron chi connectivity index (χ1n) is 5.19. The normalized spacial score (nSPS) is 9.61. The van der Waals surface area contributed by atoms with Gasteiger partial charge in [0.1, 0.15) is 11.6 Å². The van der Waals surface area contributed by atoms with Crippen LogP contribution in [0.2, 0.25) is 0 Å². The van der Waals surface area contributed by atoms with Crippen LogP contribution in [0.1, 0.15) is 5.56 Å². The second-order valence-corrected chi connectivity index (χ2v) is 4.43. The highest BCUT2D eigenvalue weighted by molar-refractivity contribution is 9.10. The highest BCUT2D eigenvalue weighted by atomic mass is 79.9. The van der Waals surface area contributed by atoms with Gasteiger partial charge in [0.25, 0.3) is 0 Å². The molecule has 2 aromatic rings. The Bertz CT molecular complexity index is 590. The van der Waals surface area contributed by atoms with Crippen molar-refractivity contribution in [2.75, 3.05) is 12.4 Å². The second kappa shape index (κ2) is 5.52. The minimum atomic E-state index is 0.557. The van der Waals surface area contributed by atoms with Crippen LogP contribution in [0.25, 0.3) is 0 Å². The number of nitrogens with zero attached hydrogens (tertiary/aromatic N) is 2. The number of nitrogens with one attached hydrogen (secondary N) is 1. The summed E-state index contributed by atoms with van der Waals surface area (Å²) in [6.07, 6.45) is 1.71. The van der Waals surface area contributed by atoms with Gasteiger partial charge < -0.3 is 10.1 Å². The summed E-state index contributed by atoms with van der Waals surface area (Å²) in [7, 11) is 1.57. The minimum absolute atomic E-state index is 0.557. The summed E-state index contributed by atoms with van der Waals surface area (Å²) in [6, 6.07) is 11.0. The van der Waals surface area contributed by atoms with Crippen molar-refractivity contribution in [2.45, 2.75) is 0 Å². The highest BCUT2D eigenvalue weighted by Gasteiger charge is 2.05. The van der Waals surface area contributed by atoms with Gasteiger partial charge in [-0.15, -0.1) is 0 Å². The van der Waals surface area contributed by atoms with Gasteiger partial charge in [-0.05, 0) is 40.2 Å². The molecule has 0 bridgehead atoms. The minimum Gasteiger partial charge on any atom is -0.495 e. The van der Waals surface area contributed by atoms with Crippen molar-refractivity contribution >= 4 is 27.4 Å². The molecule has 0 aliphatic heterocycles. The highest BCUT2D eigenvalue weighted by Crippen LogP contribution is 2.28. The van der Waals surface area contributed by atoms with Crippen LogP contribution in [0, 0.1) is 11.3 Å². The summed E-state index contributed by atoms with van der Waals surface area (Å²) < 4.78 is 6.15. The molecule has 90 valence electrons. The van der Waals surface area contributed by atoms with Crippen molar-refractivity contribution in [3.05, 3.63) is 46.6 Å². The van der Waals surface area contributed by atoms with Crippen molar-refractivity contribution in [3.63, 3.8) is 0 Å². The van der Waals surface area contributed by atoms with Crippen LogP contribution in [-0.2, 0) is 0 Å². The number of methoxy groups -OCH3 is 1. The first-order chi connectivity index (χ1) is 8.72. The molecule has 0 atom stereocenters. The van der Waals surface area contributed by atoms with Crippen molar-refractivity contribution in [3.8, 4) is 11.8 Å². The Morgan fingerprint density at radius 3 is 2.78 bits per heavy atom. The quantitative estimate of drug-likeness (QED) is 0.943. The Kier molecular flexibility index (Phi) is 3.80. The van der Waals surface area contributed by atoms with Gasteiger partial charge in [-0.2, -0.15) is 5.26 Å². The fraction of sp³-hybridized carbons (Fsp3) is 0.0769. The maximum absolute atomic E-state index is 8.83. The number of benzene rings is 1. The van der Waals surface area contributed by atoms with Gasteiger partial charge in [-0.1, -0.05) is 0 Å². The number of rotatable bonds is 3. The van der Waals surface area contributed by atoms with Crippen LogP contribution in [0.15, 0.2) is 41.0 Å². The Morgan fingerprint density at radius 2 is 2.17 bits per heavy atom. The molecule has 2 rings (SSSR count). The maximum atomic E-state index is 8.83. The molecule has 5 heteroatoms. The lowest BCUT2D eigenvalue weighted by Crippen LogP contribution is -1.96. The van der Waals surface area contributed by atoms with Crippen LogP contribution < -0.4 is 10.1 Å². The number of hydrogen-bond donors (Lipinski definition) is 1. The molecule has 0 aliphatic rings. The molecular weight excluding hydrogens is 294 g/mol. The molecule has 18 heavy (non-hydrogen) atoms. The molecule has 1 heterocycles. The zero-order valence-corrected chi connectivity index (χ0v) is 11.2. The first kappa shape index (κ1) is 12.4. The van der Waals surface area contributed by atoms with Crippen molar-refractivity contribution < 1.29 is 4.74 Å². The fourth-order valence-corrected chi connectivity index (χ4v) is 1.69. The predicted molar refractivity (Wildman–Crippen MR) is 72.9 cm³/mol. The van der Waals surface area contributed by atoms with E-state index in [-0.39, 0.29) is 0 Å². The Labute approximate surface area is 113 Å². The molecular formula is C13H10BrN3O. The predicted octanol–water partition coefficient (Wildman–Crippen LogP) is 3.47. The number of aromatic nitrogens is 1. The summed E-state index contributed by atoms with van der Waals surface area (Å²) in [5, 5.41) is 12.0. The van der Waals surface area contributed by atoms with Gasteiger partial charge in [0.2, 0.25) is 0 Å². The number of anilines is 2. The molecule has 1 N–H and O–H groups in total.